The van der Waals surface area contributed by atoms with Gasteiger partial charge in [0.05, 0.1) is 14.2 Å². The molecule has 4 nitrogen and oxygen atoms in total. The molecule has 1 heterocycles. The van der Waals surface area contributed by atoms with Crippen LogP contribution in [0.1, 0.15) is 24.5 Å². The predicted octanol–water partition coefficient (Wildman–Crippen LogP) is 2.14. The number of nitrogens with one attached hydrogen (secondary N) is 1. The summed E-state index contributed by atoms with van der Waals surface area (Å²) in [6.07, 6.45) is 2.41. The van der Waals surface area contributed by atoms with E-state index in [2.05, 4.69) is 5.32 Å². The molecule has 0 radical (unpaired) electrons. The molecule has 0 aromatic carbocycles. The third-order valence-electron chi connectivity index (χ3n) is 2.81. The third-order valence-corrected chi connectivity index (χ3v) is 4.07. The molecule has 0 aliphatic heterocycles. The monoisotopic (exact) mass is 257 g/mol. The maximum absolute atomic E-state index is 10.5. The molecule has 1 amide bonds. The molecule has 96 valence electrons. The van der Waals surface area contributed by atoms with Crippen LogP contribution in [0.3, 0.4) is 0 Å². The number of carbonyl (C=O) groups is 1. The summed E-state index contributed by atoms with van der Waals surface area (Å²) in [6, 6.07) is 0.138. The van der Waals surface area contributed by atoms with Crippen molar-refractivity contribution in [2.24, 2.45) is 0 Å². The zero-order valence-electron chi connectivity index (χ0n) is 10.7. The van der Waals surface area contributed by atoms with E-state index >= 15 is 0 Å². The van der Waals surface area contributed by atoms with Gasteiger partial charge in [0.15, 0.2) is 10.1 Å². The lowest BCUT2D eigenvalue weighted by Gasteiger charge is -2.14. The van der Waals surface area contributed by atoms with Crippen LogP contribution < -0.4 is 14.8 Å². The number of carbonyl (C=O) groups excluding carboxylic acids is 1. The van der Waals surface area contributed by atoms with Gasteiger partial charge in [0, 0.05) is 17.2 Å². The van der Waals surface area contributed by atoms with Crippen molar-refractivity contribution in [2.75, 3.05) is 14.2 Å². The van der Waals surface area contributed by atoms with Gasteiger partial charge in [0.2, 0.25) is 6.41 Å². The van der Waals surface area contributed by atoms with E-state index < -0.39 is 0 Å². The Kier molecular flexibility index (Phi) is 5.28. The van der Waals surface area contributed by atoms with Crippen LogP contribution in [-0.2, 0) is 11.2 Å². The van der Waals surface area contributed by atoms with Gasteiger partial charge in [0.1, 0.15) is 0 Å². The van der Waals surface area contributed by atoms with Gasteiger partial charge in [-0.3, -0.25) is 4.79 Å². The number of amides is 1. The Morgan fingerprint density at radius 1 is 1.35 bits per heavy atom. The summed E-state index contributed by atoms with van der Waals surface area (Å²) in [5.74, 6) is 0. The second-order valence-electron chi connectivity index (χ2n) is 3.78. The van der Waals surface area contributed by atoms with E-state index in [1.54, 1.807) is 14.2 Å². The van der Waals surface area contributed by atoms with Gasteiger partial charge in [-0.25, -0.2) is 0 Å². The molecule has 1 aromatic heterocycles. The van der Waals surface area contributed by atoms with Crippen LogP contribution in [0.4, 0.5) is 0 Å². The van der Waals surface area contributed by atoms with Crippen LogP contribution in [0.5, 0.6) is 10.1 Å². The normalized spacial score (nSPS) is 12.0. The van der Waals surface area contributed by atoms with Crippen molar-refractivity contribution in [2.45, 2.75) is 32.7 Å². The lowest BCUT2D eigenvalue weighted by molar-refractivity contribution is -0.110. The smallest absolute Gasteiger partial charge is 0.207 e. The van der Waals surface area contributed by atoms with Gasteiger partial charge < -0.3 is 14.8 Å². The molecule has 1 N–H and O–H groups in total. The first kappa shape index (κ1) is 13.8. The van der Waals surface area contributed by atoms with Crippen molar-refractivity contribution < 1.29 is 14.3 Å². The highest BCUT2D eigenvalue weighted by atomic mass is 32.1. The third kappa shape index (κ3) is 3.12. The standard InChI is InChI=1S/C12H19NO3S/c1-5-9(13-7-14)6-10-8(2)11(15-3)17-12(10)16-4/h7,9H,5-6H2,1-4H3,(H,13,14). The van der Waals surface area contributed by atoms with E-state index in [9.17, 15) is 4.79 Å². The highest BCUT2D eigenvalue weighted by molar-refractivity contribution is 7.16. The van der Waals surface area contributed by atoms with Crippen LogP contribution in [-0.4, -0.2) is 26.7 Å². The molecule has 0 bridgehead atoms. The molecule has 17 heavy (non-hydrogen) atoms. The van der Waals surface area contributed by atoms with Gasteiger partial charge in [-0.05, 0) is 19.8 Å². The lowest BCUT2D eigenvalue weighted by atomic mass is 10.0. The van der Waals surface area contributed by atoms with Crippen molar-refractivity contribution in [1.82, 2.24) is 5.32 Å². The minimum atomic E-state index is 0.138. The van der Waals surface area contributed by atoms with Crippen molar-refractivity contribution in [3.63, 3.8) is 0 Å². The molecular weight excluding hydrogens is 238 g/mol. The number of methoxy groups -OCH3 is 2. The van der Waals surface area contributed by atoms with Crippen LogP contribution in [0.2, 0.25) is 0 Å². The van der Waals surface area contributed by atoms with Crippen LogP contribution >= 0.6 is 11.3 Å². The van der Waals surface area contributed by atoms with Crippen LogP contribution in [0.25, 0.3) is 0 Å². The fourth-order valence-corrected chi connectivity index (χ4v) is 2.73. The summed E-state index contributed by atoms with van der Waals surface area (Å²) in [5.41, 5.74) is 2.22. The maximum atomic E-state index is 10.5. The Balaban J connectivity index is 2.94. The SMILES string of the molecule is CCC(Cc1c(OC)sc(OC)c1C)NC=O. The number of rotatable bonds is 7. The number of hydrogen-bond donors (Lipinski definition) is 1. The molecule has 0 spiro atoms. The molecular formula is C12H19NO3S. The number of hydrogen-bond acceptors (Lipinski definition) is 4. The summed E-state index contributed by atoms with van der Waals surface area (Å²) >= 11 is 1.50. The highest BCUT2D eigenvalue weighted by Gasteiger charge is 2.19. The Bertz CT molecular complexity index is 376. The Hall–Kier alpha value is -1.23. The number of ether oxygens (including phenoxy) is 2. The molecule has 0 fully saturated rings. The molecule has 1 unspecified atom stereocenters. The van der Waals surface area contributed by atoms with E-state index in [0.29, 0.717) is 0 Å². The summed E-state index contributed by atoms with van der Waals surface area (Å²) in [5, 5.41) is 4.55. The summed E-state index contributed by atoms with van der Waals surface area (Å²) < 4.78 is 10.6. The topological polar surface area (TPSA) is 47.6 Å². The molecule has 0 saturated carbocycles. The summed E-state index contributed by atoms with van der Waals surface area (Å²) in [6.45, 7) is 4.06. The van der Waals surface area contributed by atoms with Crippen LogP contribution in [0.15, 0.2) is 0 Å². The largest absolute Gasteiger partial charge is 0.487 e. The summed E-state index contributed by atoms with van der Waals surface area (Å²) in [7, 11) is 3.31. The van der Waals surface area contributed by atoms with E-state index in [1.165, 1.54) is 11.3 Å². The number of thiophene rings is 1. The van der Waals surface area contributed by atoms with E-state index in [0.717, 1.165) is 40.5 Å². The molecule has 0 aliphatic carbocycles. The first-order valence-electron chi connectivity index (χ1n) is 5.57. The zero-order chi connectivity index (χ0) is 12.8. The second-order valence-corrected chi connectivity index (χ2v) is 4.73. The molecule has 5 heteroatoms. The van der Waals surface area contributed by atoms with Gasteiger partial charge in [-0.2, -0.15) is 0 Å². The quantitative estimate of drug-likeness (QED) is 0.761. The maximum Gasteiger partial charge on any atom is 0.207 e. The zero-order valence-corrected chi connectivity index (χ0v) is 11.5. The fourth-order valence-electron chi connectivity index (χ4n) is 1.76. The lowest BCUT2D eigenvalue weighted by Crippen LogP contribution is -2.29. The average molecular weight is 257 g/mol. The van der Waals surface area contributed by atoms with Crippen molar-refractivity contribution >= 4 is 17.7 Å². The van der Waals surface area contributed by atoms with E-state index in [-0.39, 0.29) is 6.04 Å². The Morgan fingerprint density at radius 2 is 2.00 bits per heavy atom. The molecule has 1 atom stereocenters. The van der Waals surface area contributed by atoms with Crippen molar-refractivity contribution in [1.29, 1.82) is 0 Å². The van der Waals surface area contributed by atoms with Gasteiger partial charge >= 0.3 is 0 Å². The van der Waals surface area contributed by atoms with Crippen molar-refractivity contribution in [3.05, 3.63) is 11.1 Å². The molecule has 0 aliphatic rings. The summed E-state index contributed by atoms with van der Waals surface area (Å²) in [4.78, 5) is 10.5. The highest BCUT2D eigenvalue weighted by Crippen LogP contribution is 2.41. The first-order valence-corrected chi connectivity index (χ1v) is 6.39. The van der Waals surface area contributed by atoms with Gasteiger partial charge in [0.25, 0.3) is 0 Å². The van der Waals surface area contributed by atoms with Gasteiger partial charge in [-0.15, -0.1) is 0 Å². The average Bonchev–Trinajstić information content (AvgIpc) is 2.65. The van der Waals surface area contributed by atoms with Crippen LogP contribution in [0, 0.1) is 6.92 Å². The minimum absolute atomic E-state index is 0.138. The Labute approximate surface area is 106 Å². The predicted molar refractivity (Wildman–Crippen MR) is 69.1 cm³/mol. The van der Waals surface area contributed by atoms with E-state index in [4.69, 9.17) is 9.47 Å². The van der Waals surface area contributed by atoms with E-state index in [1.807, 2.05) is 13.8 Å². The Morgan fingerprint density at radius 3 is 2.47 bits per heavy atom. The molecule has 0 saturated heterocycles. The minimum Gasteiger partial charge on any atom is -0.487 e. The molecule has 1 aromatic rings. The second kappa shape index (κ2) is 6.49. The fraction of sp³-hybridized carbons (Fsp3) is 0.583. The molecule has 1 rings (SSSR count). The first-order chi connectivity index (χ1) is 8.17. The van der Waals surface area contributed by atoms with Crippen molar-refractivity contribution in [3.8, 4) is 10.1 Å². The van der Waals surface area contributed by atoms with Gasteiger partial charge in [-0.1, -0.05) is 18.3 Å².